The monoisotopic (exact) mass is 364 g/mol. The first-order valence-electron chi connectivity index (χ1n) is 7.94. The number of hydrogen-bond acceptors (Lipinski definition) is 7. The highest BCUT2D eigenvalue weighted by Crippen LogP contribution is 2.12. The molecule has 0 unspecified atom stereocenters. The van der Waals surface area contributed by atoms with E-state index >= 15 is 0 Å². The van der Waals surface area contributed by atoms with E-state index in [9.17, 15) is 24.5 Å². The number of rotatable bonds is 10. The minimum absolute atomic E-state index is 0.0515. The van der Waals surface area contributed by atoms with Crippen LogP contribution in [0.4, 0.5) is 5.69 Å². The summed E-state index contributed by atoms with van der Waals surface area (Å²) in [5.41, 5.74) is 0.528. The highest BCUT2D eigenvalue weighted by Gasteiger charge is 2.06. The molecule has 0 bridgehead atoms. The molecule has 0 aliphatic heterocycles. The zero-order valence-corrected chi connectivity index (χ0v) is 14.3. The van der Waals surface area contributed by atoms with E-state index in [1.54, 1.807) is 6.92 Å². The smallest absolute Gasteiger partial charge is 0.331 e. The number of amides is 1. The number of benzene rings is 1. The lowest BCUT2D eigenvalue weighted by atomic mass is 10.2. The van der Waals surface area contributed by atoms with Crippen LogP contribution in [0.2, 0.25) is 0 Å². The number of nitro groups is 1. The number of hydrogen-bond donors (Lipinski definition) is 1. The molecule has 0 aromatic heterocycles. The maximum atomic E-state index is 11.5. The average Bonchev–Trinajstić information content (AvgIpc) is 2.62. The summed E-state index contributed by atoms with van der Waals surface area (Å²) in [6.07, 6.45) is 3.17. The lowest BCUT2D eigenvalue weighted by Crippen LogP contribution is -2.29. The van der Waals surface area contributed by atoms with Gasteiger partial charge in [0.2, 0.25) is 0 Å². The molecular weight excluding hydrogens is 344 g/mol. The number of nitrogens with zero attached hydrogens (tertiary/aromatic N) is 1. The van der Waals surface area contributed by atoms with Crippen molar-refractivity contribution in [1.82, 2.24) is 5.32 Å². The Balaban J connectivity index is 2.25. The summed E-state index contributed by atoms with van der Waals surface area (Å²) in [6, 6.07) is 5.60. The van der Waals surface area contributed by atoms with Crippen molar-refractivity contribution in [2.24, 2.45) is 0 Å². The third kappa shape index (κ3) is 8.57. The van der Waals surface area contributed by atoms with Crippen molar-refractivity contribution < 1.29 is 28.8 Å². The minimum atomic E-state index is -0.718. The van der Waals surface area contributed by atoms with Crippen LogP contribution in [-0.4, -0.2) is 42.5 Å². The molecule has 0 atom stereocenters. The van der Waals surface area contributed by atoms with E-state index in [4.69, 9.17) is 9.47 Å². The summed E-state index contributed by atoms with van der Waals surface area (Å²) in [6.45, 7) is 1.86. The Kier molecular flexibility index (Phi) is 9.08. The second-order valence-electron chi connectivity index (χ2n) is 5.05. The van der Waals surface area contributed by atoms with Crippen molar-refractivity contribution >= 4 is 29.6 Å². The molecule has 0 spiro atoms. The molecule has 0 aliphatic carbocycles. The highest BCUT2D eigenvalue weighted by atomic mass is 16.6. The first-order chi connectivity index (χ1) is 12.4. The van der Waals surface area contributed by atoms with Gasteiger partial charge in [0.05, 0.1) is 11.5 Å². The molecule has 26 heavy (non-hydrogen) atoms. The second-order valence-corrected chi connectivity index (χ2v) is 5.05. The Bertz CT molecular complexity index is 668. The van der Waals surface area contributed by atoms with Gasteiger partial charge in [-0.3, -0.25) is 19.7 Å². The fraction of sp³-hybridized carbons (Fsp3) is 0.353. The Morgan fingerprint density at radius 1 is 1.19 bits per heavy atom. The zero-order chi connectivity index (χ0) is 19.4. The van der Waals surface area contributed by atoms with Crippen LogP contribution >= 0.6 is 0 Å². The standard InChI is InChI=1S/C17H20N2O7/c1-2-25-16(21)4-3-11-18-15(20)12-26-17(22)10-7-13-5-8-14(9-6-13)19(23)24/h5-10H,2-4,11-12H2,1H3,(H,18,20). The second kappa shape index (κ2) is 11.3. The quantitative estimate of drug-likeness (QED) is 0.220. The predicted molar refractivity (Wildman–Crippen MR) is 92.0 cm³/mol. The molecule has 1 aromatic carbocycles. The molecule has 9 heteroatoms. The van der Waals surface area contributed by atoms with Crippen molar-refractivity contribution in [3.05, 3.63) is 46.0 Å². The van der Waals surface area contributed by atoms with E-state index in [-0.39, 0.29) is 24.6 Å². The molecule has 0 fully saturated rings. The molecule has 1 N–H and O–H groups in total. The van der Waals surface area contributed by atoms with Gasteiger partial charge >= 0.3 is 11.9 Å². The summed E-state index contributed by atoms with van der Waals surface area (Å²) >= 11 is 0. The van der Waals surface area contributed by atoms with Gasteiger partial charge in [-0.05, 0) is 37.1 Å². The summed E-state index contributed by atoms with van der Waals surface area (Å²) < 4.78 is 9.51. The zero-order valence-electron chi connectivity index (χ0n) is 14.3. The Morgan fingerprint density at radius 2 is 1.88 bits per heavy atom. The van der Waals surface area contributed by atoms with Crippen molar-refractivity contribution in [2.45, 2.75) is 19.8 Å². The van der Waals surface area contributed by atoms with Crippen LogP contribution in [-0.2, 0) is 23.9 Å². The predicted octanol–water partition coefficient (Wildman–Crippen LogP) is 1.61. The van der Waals surface area contributed by atoms with Gasteiger partial charge in [-0.25, -0.2) is 4.79 Å². The largest absolute Gasteiger partial charge is 0.466 e. The molecule has 1 rings (SSSR count). The summed E-state index contributed by atoms with van der Waals surface area (Å²) in [4.78, 5) is 44.1. The fourth-order valence-electron chi connectivity index (χ4n) is 1.80. The molecule has 140 valence electrons. The van der Waals surface area contributed by atoms with Crippen LogP contribution < -0.4 is 5.32 Å². The van der Waals surface area contributed by atoms with Crippen LogP contribution in [0.3, 0.4) is 0 Å². The van der Waals surface area contributed by atoms with Gasteiger partial charge in [-0.1, -0.05) is 0 Å². The lowest BCUT2D eigenvalue weighted by Gasteiger charge is -2.05. The first kappa shape index (κ1) is 20.8. The van der Waals surface area contributed by atoms with Gasteiger partial charge in [-0.2, -0.15) is 0 Å². The maximum Gasteiger partial charge on any atom is 0.331 e. The van der Waals surface area contributed by atoms with Gasteiger partial charge in [0, 0.05) is 31.2 Å². The van der Waals surface area contributed by atoms with E-state index in [0.717, 1.165) is 6.08 Å². The first-order valence-corrected chi connectivity index (χ1v) is 7.94. The van der Waals surface area contributed by atoms with Gasteiger partial charge in [0.25, 0.3) is 11.6 Å². The molecular formula is C17H20N2O7. The van der Waals surface area contributed by atoms with Gasteiger partial charge < -0.3 is 14.8 Å². The topological polar surface area (TPSA) is 125 Å². The number of carbonyl (C=O) groups excluding carboxylic acids is 3. The third-order valence-corrected chi connectivity index (χ3v) is 3.05. The number of nitrogens with one attached hydrogen (secondary N) is 1. The van der Waals surface area contributed by atoms with Crippen LogP contribution in [0.25, 0.3) is 6.08 Å². The molecule has 1 aromatic rings. The average molecular weight is 364 g/mol. The lowest BCUT2D eigenvalue weighted by molar-refractivity contribution is -0.384. The normalized spacial score (nSPS) is 10.3. The summed E-state index contributed by atoms with van der Waals surface area (Å²) in [5.74, 6) is -1.53. The molecule has 0 heterocycles. The van der Waals surface area contributed by atoms with Crippen LogP contribution in [0.5, 0.6) is 0 Å². The molecule has 0 saturated carbocycles. The molecule has 0 radical (unpaired) electrons. The van der Waals surface area contributed by atoms with Crippen LogP contribution in [0, 0.1) is 10.1 Å². The summed E-state index contributed by atoms with van der Waals surface area (Å²) in [5, 5.41) is 13.1. The summed E-state index contributed by atoms with van der Waals surface area (Å²) in [7, 11) is 0. The van der Waals surface area contributed by atoms with Crippen molar-refractivity contribution in [1.29, 1.82) is 0 Å². The maximum absolute atomic E-state index is 11.5. The van der Waals surface area contributed by atoms with Gasteiger partial charge in [-0.15, -0.1) is 0 Å². The molecule has 0 aliphatic rings. The number of esters is 2. The molecule has 1 amide bonds. The van der Waals surface area contributed by atoms with E-state index < -0.39 is 23.4 Å². The van der Waals surface area contributed by atoms with E-state index in [2.05, 4.69) is 5.32 Å². The minimum Gasteiger partial charge on any atom is -0.466 e. The van der Waals surface area contributed by atoms with Gasteiger partial charge in [0.1, 0.15) is 0 Å². The van der Waals surface area contributed by atoms with E-state index in [1.807, 2.05) is 0 Å². The molecule has 9 nitrogen and oxygen atoms in total. The van der Waals surface area contributed by atoms with Crippen LogP contribution in [0.1, 0.15) is 25.3 Å². The highest BCUT2D eigenvalue weighted by molar-refractivity contribution is 5.89. The SMILES string of the molecule is CCOC(=O)CCCNC(=O)COC(=O)C=Cc1ccc([N+](=O)[O-])cc1. The third-order valence-electron chi connectivity index (χ3n) is 3.05. The van der Waals surface area contributed by atoms with E-state index in [1.165, 1.54) is 30.3 Å². The fourth-order valence-corrected chi connectivity index (χ4v) is 1.80. The van der Waals surface area contributed by atoms with Crippen molar-refractivity contribution in [2.75, 3.05) is 19.8 Å². The van der Waals surface area contributed by atoms with Gasteiger partial charge in [0.15, 0.2) is 6.61 Å². The van der Waals surface area contributed by atoms with Crippen LogP contribution in [0.15, 0.2) is 30.3 Å². The molecule has 0 saturated heterocycles. The Labute approximate surface area is 150 Å². The number of carbonyl (C=O) groups is 3. The number of ether oxygens (including phenoxy) is 2. The number of non-ortho nitro benzene ring substituents is 1. The number of nitro benzene ring substituents is 1. The Morgan fingerprint density at radius 3 is 2.50 bits per heavy atom. The van der Waals surface area contributed by atoms with Crippen molar-refractivity contribution in [3.8, 4) is 0 Å². The Hall–Kier alpha value is -3.23. The van der Waals surface area contributed by atoms with Crippen molar-refractivity contribution in [3.63, 3.8) is 0 Å². The van der Waals surface area contributed by atoms with E-state index in [0.29, 0.717) is 18.6 Å².